The van der Waals surface area contributed by atoms with Crippen molar-refractivity contribution < 1.29 is 19.8 Å². The van der Waals surface area contributed by atoms with E-state index in [1.54, 1.807) is 0 Å². The first kappa shape index (κ1) is 11.9. The molecule has 0 fully saturated rings. The molecule has 0 aliphatic carbocycles. The van der Waals surface area contributed by atoms with Crippen molar-refractivity contribution in [3.63, 3.8) is 0 Å². The molecule has 13 heavy (non-hydrogen) atoms. The highest BCUT2D eigenvalue weighted by molar-refractivity contribution is 5.70. The van der Waals surface area contributed by atoms with E-state index >= 15 is 0 Å². The van der Waals surface area contributed by atoms with Gasteiger partial charge >= 0.3 is 0 Å². The topological polar surface area (TPSA) is 106 Å². The van der Waals surface area contributed by atoms with Crippen molar-refractivity contribution in [3.05, 3.63) is 0 Å². The summed E-state index contributed by atoms with van der Waals surface area (Å²) in [6.45, 7) is 0. The Kier molecular flexibility index (Phi) is 5.88. The summed E-state index contributed by atoms with van der Waals surface area (Å²) in [7, 11) is 0. The molecule has 1 atom stereocenters. The van der Waals surface area contributed by atoms with E-state index in [9.17, 15) is 19.8 Å². The van der Waals surface area contributed by atoms with Crippen LogP contribution < -0.4 is 15.9 Å². The fourth-order valence-electron chi connectivity index (χ4n) is 0.928. The normalized spacial score (nSPS) is 12.4. The third-order valence-corrected chi connectivity index (χ3v) is 1.70. The Hall–Kier alpha value is -1.10. The molecule has 0 saturated heterocycles. The predicted molar refractivity (Wildman–Crippen MR) is 41.1 cm³/mol. The molecule has 5 nitrogen and oxygen atoms in total. The molecule has 5 heteroatoms. The molecular weight excluding hydrogens is 174 g/mol. The van der Waals surface area contributed by atoms with Gasteiger partial charge in [-0.15, -0.1) is 0 Å². The molecule has 0 amide bonds. The Labute approximate surface area is 76.5 Å². The van der Waals surface area contributed by atoms with E-state index in [1.807, 2.05) is 0 Å². The van der Waals surface area contributed by atoms with Crippen LogP contribution in [0, 0.1) is 0 Å². The molecule has 76 valence electrons. The Morgan fingerprint density at radius 2 is 1.77 bits per heavy atom. The van der Waals surface area contributed by atoms with Gasteiger partial charge in [0.25, 0.3) is 0 Å². The molecule has 0 aromatic rings. The van der Waals surface area contributed by atoms with Gasteiger partial charge in [-0.1, -0.05) is 12.8 Å². The molecular formula is C8H13NO4-2. The van der Waals surface area contributed by atoms with Crippen LogP contribution >= 0.6 is 0 Å². The number of unbranched alkanes of at least 4 members (excludes halogenated alkanes) is 2. The highest BCUT2D eigenvalue weighted by Crippen LogP contribution is 2.03. The number of hydrogen-bond acceptors (Lipinski definition) is 5. The Morgan fingerprint density at radius 1 is 1.15 bits per heavy atom. The van der Waals surface area contributed by atoms with Crippen LogP contribution in [0.3, 0.4) is 0 Å². The molecule has 2 N–H and O–H groups in total. The van der Waals surface area contributed by atoms with Gasteiger partial charge in [-0.3, -0.25) is 0 Å². The van der Waals surface area contributed by atoms with Crippen LogP contribution in [0.2, 0.25) is 0 Å². The zero-order chi connectivity index (χ0) is 10.3. The molecule has 0 radical (unpaired) electrons. The maximum Gasteiger partial charge on any atom is 0.0582 e. The van der Waals surface area contributed by atoms with Gasteiger partial charge in [0.1, 0.15) is 0 Å². The first-order valence-electron chi connectivity index (χ1n) is 4.20. The van der Waals surface area contributed by atoms with Gasteiger partial charge in [0, 0.05) is 12.0 Å². The van der Waals surface area contributed by atoms with Crippen LogP contribution in [0.4, 0.5) is 0 Å². The van der Waals surface area contributed by atoms with Crippen molar-refractivity contribution in [2.45, 2.75) is 38.1 Å². The number of nitrogens with two attached hydrogens (primary N) is 1. The van der Waals surface area contributed by atoms with Crippen LogP contribution in [0.15, 0.2) is 0 Å². The maximum absolute atomic E-state index is 10.1. The molecule has 0 spiro atoms. The zero-order valence-corrected chi connectivity index (χ0v) is 7.32. The van der Waals surface area contributed by atoms with Crippen molar-refractivity contribution >= 4 is 11.9 Å². The molecule has 1 unspecified atom stereocenters. The lowest BCUT2D eigenvalue weighted by atomic mass is 10.1. The summed E-state index contributed by atoms with van der Waals surface area (Å²) in [5, 5.41) is 20.1. The molecule has 0 heterocycles. The Morgan fingerprint density at radius 3 is 2.23 bits per heavy atom. The van der Waals surface area contributed by atoms with Crippen LogP contribution in [-0.4, -0.2) is 18.0 Å². The second-order valence-electron chi connectivity index (χ2n) is 2.90. The second kappa shape index (κ2) is 6.42. The van der Waals surface area contributed by atoms with Crippen molar-refractivity contribution in [2.24, 2.45) is 5.73 Å². The first-order valence-corrected chi connectivity index (χ1v) is 4.20. The first-order chi connectivity index (χ1) is 6.04. The van der Waals surface area contributed by atoms with E-state index < -0.39 is 18.0 Å². The van der Waals surface area contributed by atoms with Crippen LogP contribution in [-0.2, 0) is 9.59 Å². The lowest BCUT2D eigenvalue weighted by molar-refractivity contribution is -0.308. The molecule has 0 bridgehead atoms. The van der Waals surface area contributed by atoms with Crippen molar-refractivity contribution in [3.8, 4) is 0 Å². The Bertz CT molecular complexity index is 181. The number of aliphatic carboxylic acids is 2. The van der Waals surface area contributed by atoms with Gasteiger partial charge in [-0.2, -0.15) is 0 Å². The highest BCUT2D eigenvalue weighted by Gasteiger charge is 2.01. The van der Waals surface area contributed by atoms with Gasteiger partial charge in [-0.05, 0) is 19.3 Å². The fourth-order valence-corrected chi connectivity index (χ4v) is 0.928. The standard InChI is InChI=1S/C8H15NO4/c9-6(8(12)13)4-2-1-3-5-7(10)11/h6H,1-5,9H2,(H,10,11)(H,12,13)/p-2. The summed E-state index contributed by atoms with van der Waals surface area (Å²) in [5.74, 6) is -2.34. The lowest BCUT2D eigenvalue weighted by Crippen LogP contribution is -2.41. The third kappa shape index (κ3) is 7.27. The summed E-state index contributed by atoms with van der Waals surface area (Å²) >= 11 is 0. The summed E-state index contributed by atoms with van der Waals surface area (Å²) in [6, 6.07) is -0.942. The summed E-state index contributed by atoms with van der Waals surface area (Å²) in [6.07, 6.45) is 2.09. The van der Waals surface area contributed by atoms with Crippen LogP contribution in [0.25, 0.3) is 0 Å². The fraction of sp³-hybridized carbons (Fsp3) is 0.750. The number of hydrogen-bond donors (Lipinski definition) is 1. The molecule has 0 aromatic heterocycles. The van der Waals surface area contributed by atoms with Crippen molar-refractivity contribution in [2.75, 3.05) is 0 Å². The summed E-state index contributed by atoms with van der Waals surface area (Å²) in [4.78, 5) is 20.1. The molecule has 0 aliphatic rings. The van der Waals surface area contributed by atoms with E-state index in [2.05, 4.69) is 0 Å². The smallest absolute Gasteiger partial charge is 0.0582 e. The monoisotopic (exact) mass is 187 g/mol. The lowest BCUT2D eigenvalue weighted by Gasteiger charge is -2.11. The number of carboxylic acid groups (broad SMARTS) is 2. The van der Waals surface area contributed by atoms with Gasteiger partial charge < -0.3 is 25.5 Å². The maximum atomic E-state index is 10.1. The summed E-state index contributed by atoms with van der Waals surface area (Å²) in [5.41, 5.74) is 5.17. The van der Waals surface area contributed by atoms with Crippen LogP contribution in [0.5, 0.6) is 0 Å². The number of carbonyl (C=O) groups is 2. The largest absolute Gasteiger partial charge is 0.550 e. The Balaban J connectivity index is 3.26. The molecule has 0 aromatic carbocycles. The quantitative estimate of drug-likeness (QED) is 0.454. The molecule has 0 saturated carbocycles. The number of carbonyl (C=O) groups excluding carboxylic acids is 2. The SMILES string of the molecule is NC(CCCCCC(=O)[O-])C(=O)[O-]. The summed E-state index contributed by atoms with van der Waals surface area (Å²) < 4.78 is 0. The van der Waals surface area contributed by atoms with E-state index in [0.717, 1.165) is 0 Å². The van der Waals surface area contributed by atoms with Crippen molar-refractivity contribution in [1.82, 2.24) is 0 Å². The average molecular weight is 187 g/mol. The number of rotatable bonds is 7. The van der Waals surface area contributed by atoms with E-state index in [1.165, 1.54) is 0 Å². The highest BCUT2D eigenvalue weighted by atomic mass is 16.4. The third-order valence-electron chi connectivity index (χ3n) is 1.70. The van der Waals surface area contributed by atoms with Gasteiger partial charge in [0.15, 0.2) is 0 Å². The van der Waals surface area contributed by atoms with E-state index in [0.29, 0.717) is 25.7 Å². The minimum absolute atomic E-state index is 0.0144. The second-order valence-corrected chi connectivity index (χ2v) is 2.90. The predicted octanol–water partition coefficient (Wildman–Crippen LogP) is -2.24. The van der Waals surface area contributed by atoms with Crippen molar-refractivity contribution in [1.29, 1.82) is 0 Å². The van der Waals surface area contributed by atoms with Gasteiger partial charge in [-0.25, -0.2) is 0 Å². The van der Waals surface area contributed by atoms with E-state index in [4.69, 9.17) is 5.73 Å². The minimum Gasteiger partial charge on any atom is -0.550 e. The van der Waals surface area contributed by atoms with E-state index in [-0.39, 0.29) is 6.42 Å². The number of carboxylic acids is 2. The van der Waals surface area contributed by atoms with Gasteiger partial charge in [0.05, 0.1) is 5.97 Å². The minimum atomic E-state index is -1.26. The molecule has 0 aliphatic heterocycles. The zero-order valence-electron chi connectivity index (χ0n) is 7.32. The van der Waals surface area contributed by atoms with Gasteiger partial charge in [0.2, 0.25) is 0 Å². The molecule has 0 rings (SSSR count). The van der Waals surface area contributed by atoms with Crippen LogP contribution in [0.1, 0.15) is 32.1 Å². The average Bonchev–Trinajstić information content (AvgIpc) is 2.02.